The first-order valence-electron chi connectivity index (χ1n) is 8.52. The number of carboxylic acids is 1. The predicted molar refractivity (Wildman–Crippen MR) is 88.6 cm³/mol. The van der Waals surface area contributed by atoms with Gasteiger partial charge in [0, 0.05) is 26.4 Å². The van der Waals surface area contributed by atoms with Crippen LogP contribution in [-0.2, 0) is 26.5 Å². The van der Waals surface area contributed by atoms with E-state index in [4.69, 9.17) is 14.9 Å². The van der Waals surface area contributed by atoms with Crippen molar-refractivity contribution in [2.75, 3.05) is 13.2 Å². The van der Waals surface area contributed by atoms with Crippen molar-refractivity contribution >= 4 is 11.9 Å². The highest BCUT2D eigenvalue weighted by atomic mass is 16.6. The number of nitrogens with zero attached hydrogens (tertiary/aromatic N) is 3. The van der Waals surface area contributed by atoms with Gasteiger partial charge >= 0.3 is 5.97 Å². The van der Waals surface area contributed by atoms with Crippen LogP contribution in [0.4, 0.5) is 0 Å². The zero-order valence-corrected chi connectivity index (χ0v) is 15.0. The number of aliphatic hydroxyl groups is 5. The smallest absolute Gasteiger partial charge is 0.359 e. The van der Waals surface area contributed by atoms with Crippen molar-refractivity contribution in [1.82, 2.24) is 20.3 Å². The lowest BCUT2D eigenvalue weighted by atomic mass is 9.87. The van der Waals surface area contributed by atoms with E-state index >= 15 is 0 Å². The van der Waals surface area contributed by atoms with E-state index in [9.17, 15) is 30.0 Å². The van der Waals surface area contributed by atoms with Gasteiger partial charge in [0.25, 0.3) is 5.72 Å². The maximum atomic E-state index is 12.1. The third kappa shape index (κ3) is 4.29. The van der Waals surface area contributed by atoms with Crippen molar-refractivity contribution in [3.63, 3.8) is 0 Å². The first-order chi connectivity index (χ1) is 13.2. The molecule has 158 valence electrons. The highest BCUT2D eigenvalue weighted by Gasteiger charge is 2.56. The summed E-state index contributed by atoms with van der Waals surface area (Å²) in [5.74, 6) is -2.15. The van der Waals surface area contributed by atoms with Gasteiger partial charge in [-0.2, -0.15) is 0 Å². The topological polar surface area (TPSA) is 207 Å². The Labute approximate surface area is 159 Å². The average molecular weight is 404 g/mol. The Morgan fingerprint density at radius 1 is 1.43 bits per heavy atom. The van der Waals surface area contributed by atoms with Gasteiger partial charge in [-0.3, -0.25) is 4.79 Å². The summed E-state index contributed by atoms with van der Waals surface area (Å²) in [6, 6.07) is -1.26. The quantitative estimate of drug-likeness (QED) is 0.222. The van der Waals surface area contributed by atoms with Crippen molar-refractivity contribution in [1.29, 1.82) is 0 Å². The Balaban J connectivity index is 2.47. The number of ether oxygens (including phenoxy) is 1. The number of carboxylic acid groups (broad SMARTS) is 1. The number of aliphatic hydroxyl groups excluding tert-OH is 5. The van der Waals surface area contributed by atoms with Crippen LogP contribution in [0.1, 0.15) is 19.0 Å². The molecule has 1 fully saturated rings. The maximum Gasteiger partial charge on any atom is 0.359 e. The van der Waals surface area contributed by atoms with E-state index in [-0.39, 0.29) is 18.7 Å². The number of aromatic nitrogens is 3. The van der Waals surface area contributed by atoms with Gasteiger partial charge in [-0.05, 0) is 0 Å². The van der Waals surface area contributed by atoms with Gasteiger partial charge in [0.1, 0.15) is 18.3 Å². The molecule has 2 heterocycles. The molecule has 0 radical (unpaired) electrons. The van der Waals surface area contributed by atoms with Crippen LogP contribution in [-0.4, -0.2) is 101 Å². The number of rotatable bonds is 8. The second kappa shape index (κ2) is 8.89. The summed E-state index contributed by atoms with van der Waals surface area (Å²) in [4.78, 5) is 23.5. The molecule has 0 aliphatic carbocycles. The van der Waals surface area contributed by atoms with E-state index in [1.165, 1.54) is 6.20 Å². The zero-order valence-electron chi connectivity index (χ0n) is 15.0. The lowest BCUT2D eigenvalue weighted by molar-refractivity contribution is -0.258. The van der Waals surface area contributed by atoms with E-state index < -0.39 is 61.1 Å². The van der Waals surface area contributed by atoms with Gasteiger partial charge in [-0.25, -0.2) is 9.48 Å². The first kappa shape index (κ1) is 22.1. The van der Waals surface area contributed by atoms with E-state index in [0.29, 0.717) is 0 Å². The van der Waals surface area contributed by atoms with Crippen LogP contribution in [0.3, 0.4) is 0 Å². The summed E-state index contributed by atoms with van der Waals surface area (Å²) in [5, 5.41) is 68.3. The summed E-state index contributed by atoms with van der Waals surface area (Å²) in [7, 11) is 0. The minimum atomic E-state index is -2.31. The van der Waals surface area contributed by atoms with Crippen LogP contribution in [0.2, 0.25) is 0 Å². The van der Waals surface area contributed by atoms with Gasteiger partial charge < -0.3 is 40.7 Å². The van der Waals surface area contributed by atoms with Crippen LogP contribution < -0.4 is 5.32 Å². The molecular weight excluding hydrogens is 380 g/mol. The Hall–Kier alpha value is -2.16. The van der Waals surface area contributed by atoms with Crippen LogP contribution in [0.5, 0.6) is 0 Å². The monoisotopic (exact) mass is 404 g/mol. The van der Waals surface area contributed by atoms with Crippen molar-refractivity contribution in [2.45, 2.75) is 55.9 Å². The Bertz CT molecular complexity index is 699. The number of amides is 1. The summed E-state index contributed by atoms with van der Waals surface area (Å²) in [5.41, 5.74) is -2.05. The van der Waals surface area contributed by atoms with Crippen molar-refractivity contribution in [2.24, 2.45) is 0 Å². The van der Waals surface area contributed by atoms with E-state index in [1.807, 2.05) is 0 Å². The minimum Gasteiger partial charge on any atom is -0.478 e. The molecule has 13 heteroatoms. The molecule has 1 aliphatic rings. The molecule has 0 spiro atoms. The molecule has 0 aromatic carbocycles. The first-order valence-corrected chi connectivity index (χ1v) is 8.52. The molecular formula is C15H24N4O9. The van der Waals surface area contributed by atoms with Crippen molar-refractivity contribution in [3.05, 3.63) is 11.9 Å². The van der Waals surface area contributed by atoms with Gasteiger partial charge in [-0.1, -0.05) is 5.21 Å². The SMILES string of the molecule is CC(=O)N[C@H]1[C@H]([C@H](O)[C@H](O)CO)O[C@](C(=O)O)(n2cc(CCO)nn2)C[C@@H]1O. The van der Waals surface area contributed by atoms with Crippen LogP contribution >= 0.6 is 0 Å². The van der Waals surface area contributed by atoms with E-state index in [0.717, 1.165) is 11.6 Å². The third-order valence-corrected chi connectivity index (χ3v) is 4.49. The minimum absolute atomic E-state index is 0.0993. The van der Waals surface area contributed by atoms with Crippen LogP contribution in [0.15, 0.2) is 6.20 Å². The lowest BCUT2D eigenvalue weighted by Crippen LogP contribution is -2.67. The van der Waals surface area contributed by atoms with E-state index in [2.05, 4.69) is 15.6 Å². The van der Waals surface area contributed by atoms with Gasteiger partial charge in [-0.15, -0.1) is 5.10 Å². The standard InChI is InChI=1S/C15H24N4O9/c1-7(22)16-11-9(23)4-15(14(26)27,19-5-8(2-3-20)17-18-19)28-13(11)12(25)10(24)6-21/h5,9-13,20-21,23-25H,2-4,6H2,1H3,(H,16,22)(H,26,27)/t9-,10+,11+,12+,13+,15+/m0/s1. The van der Waals surface area contributed by atoms with Crippen molar-refractivity contribution in [3.8, 4) is 0 Å². The molecule has 1 aromatic rings. The van der Waals surface area contributed by atoms with Crippen LogP contribution in [0, 0.1) is 0 Å². The second-order valence-electron chi connectivity index (χ2n) is 6.54. The fraction of sp³-hybridized carbons (Fsp3) is 0.733. The molecule has 7 N–H and O–H groups in total. The summed E-state index contributed by atoms with van der Waals surface area (Å²) >= 11 is 0. The lowest BCUT2D eigenvalue weighted by Gasteiger charge is -2.46. The Kier molecular flexibility index (Phi) is 7.03. The highest BCUT2D eigenvalue weighted by Crippen LogP contribution is 2.35. The molecule has 0 saturated carbocycles. The normalized spacial score (nSPS) is 29.9. The molecule has 28 heavy (non-hydrogen) atoms. The zero-order chi connectivity index (χ0) is 21.1. The number of aliphatic carboxylic acids is 1. The predicted octanol–water partition coefficient (Wildman–Crippen LogP) is -4.08. The van der Waals surface area contributed by atoms with Gasteiger partial charge in [0.15, 0.2) is 0 Å². The molecule has 1 aromatic heterocycles. The molecule has 0 bridgehead atoms. The second-order valence-corrected chi connectivity index (χ2v) is 6.54. The fourth-order valence-electron chi connectivity index (χ4n) is 3.09. The average Bonchev–Trinajstić information content (AvgIpc) is 3.10. The number of carbonyl (C=O) groups is 2. The molecule has 6 atom stereocenters. The highest BCUT2D eigenvalue weighted by molar-refractivity contribution is 5.76. The molecule has 1 amide bonds. The van der Waals surface area contributed by atoms with Crippen LogP contribution in [0.25, 0.3) is 0 Å². The summed E-state index contributed by atoms with van der Waals surface area (Å²) in [6.45, 7) is 0.0289. The fourth-order valence-corrected chi connectivity index (χ4v) is 3.09. The summed E-state index contributed by atoms with van der Waals surface area (Å²) in [6.07, 6.45) is -5.92. The largest absolute Gasteiger partial charge is 0.478 e. The third-order valence-electron chi connectivity index (χ3n) is 4.49. The number of hydrogen-bond acceptors (Lipinski definition) is 10. The maximum absolute atomic E-state index is 12.1. The number of carbonyl (C=O) groups excluding carboxylic acids is 1. The molecule has 0 unspecified atom stereocenters. The molecule has 1 saturated heterocycles. The van der Waals surface area contributed by atoms with E-state index in [1.54, 1.807) is 0 Å². The Morgan fingerprint density at radius 3 is 2.64 bits per heavy atom. The molecule has 2 rings (SSSR count). The van der Waals surface area contributed by atoms with Crippen molar-refractivity contribution < 1.29 is 45.0 Å². The molecule has 1 aliphatic heterocycles. The number of nitrogens with one attached hydrogen (secondary N) is 1. The Morgan fingerprint density at radius 2 is 2.11 bits per heavy atom. The number of hydrogen-bond donors (Lipinski definition) is 7. The van der Waals surface area contributed by atoms with Gasteiger partial charge in [0.05, 0.1) is 30.6 Å². The molecule has 13 nitrogen and oxygen atoms in total. The summed E-state index contributed by atoms with van der Waals surface area (Å²) < 4.78 is 6.42. The van der Waals surface area contributed by atoms with Gasteiger partial charge in [0.2, 0.25) is 5.91 Å².